The van der Waals surface area contributed by atoms with Gasteiger partial charge in [-0.15, -0.1) is 6.42 Å². The van der Waals surface area contributed by atoms with Crippen LogP contribution in [0.4, 0.5) is 14.5 Å². The van der Waals surface area contributed by atoms with Crippen molar-refractivity contribution in [2.45, 2.75) is 77.6 Å². The second-order valence-electron chi connectivity index (χ2n) is 10.2. The first-order valence-corrected chi connectivity index (χ1v) is 13.2. The van der Waals surface area contributed by atoms with E-state index in [1.54, 1.807) is 19.1 Å². The first kappa shape index (κ1) is 28.2. The summed E-state index contributed by atoms with van der Waals surface area (Å²) in [6.45, 7) is 11.4. The number of hydrogen-bond donors (Lipinski definition) is 1. The van der Waals surface area contributed by atoms with Crippen LogP contribution in [0.3, 0.4) is 0 Å². The van der Waals surface area contributed by atoms with Gasteiger partial charge in [0.2, 0.25) is 0 Å². The lowest BCUT2D eigenvalue weighted by molar-refractivity contribution is 0.0169. The van der Waals surface area contributed by atoms with Gasteiger partial charge in [-0.3, -0.25) is 0 Å². The monoisotopic (exact) mass is 499 g/mol. The first-order chi connectivity index (χ1) is 17.6. The van der Waals surface area contributed by atoms with Crippen molar-refractivity contribution < 1.29 is 8.78 Å². The second-order valence-corrected chi connectivity index (χ2v) is 10.2. The van der Waals surface area contributed by atoms with E-state index >= 15 is 0 Å². The maximum Gasteiger partial charge on any atom is 0.270 e. The number of hydrogen-bond acceptors (Lipinski definition) is 1. The summed E-state index contributed by atoms with van der Waals surface area (Å²) < 4.78 is 28.0. The molecule has 3 aromatic rings. The number of alkyl halides is 2. The van der Waals surface area contributed by atoms with Crippen molar-refractivity contribution in [2.24, 2.45) is 0 Å². The van der Waals surface area contributed by atoms with Gasteiger partial charge in [-0.05, 0) is 84.5 Å². The van der Waals surface area contributed by atoms with Gasteiger partial charge in [-0.1, -0.05) is 81.7 Å². The number of aryl methyl sites for hydroxylation is 1. The molecule has 0 heterocycles. The molecular formula is C34H39F2N. The van der Waals surface area contributed by atoms with Gasteiger partial charge in [-0.2, -0.15) is 0 Å². The molecule has 0 bridgehead atoms. The average Bonchev–Trinajstić information content (AvgIpc) is 2.88. The van der Waals surface area contributed by atoms with Crippen LogP contribution in [0.25, 0.3) is 11.1 Å². The van der Waals surface area contributed by atoms with Crippen LogP contribution in [0.1, 0.15) is 81.5 Å². The maximum absolute atomic E-state index is 14.0. The van der Waals surface area contributed by atoms with Crippen molar-refractivity contribution in [2.75, 3.05) is 5.32 Å². The van der Waals surface area contributed by atoms with Gasteiger partial charge < -0.3 is 5.32 Å². The fourth-order valence-corrected chi connectivity index (χ4v) is 5.40. The number of allylic oxidation sites excluding steroid dienone is 1. The molecule has 3 rings (SSSR count). The summed E-state index contributed by atoms with van der Waals surface area (Å²) in [4.78, 5) is 0. The van der Waals surface area contributed by atoms with Gasteiger partial charge >= 0.3 is 0 Å². The molecule has 1 nitrogen and oxygen atoms in total. The van der Waals surface area contributed by atoms with E-state index in [4.69, 9.17) is 6.42 Å². The average molecular weight is 500 g/mol. The van der Waals surface area contributed by atoms with E-state index in [1.165, 1.54) is 5.56 Å². The Labute approximate surface area is 222 Å². The van der Waals surface area contributed by atoms with E-state index in [2.05, 4.69) is 62.0 Å². The number of anilines is 1. The highest BCUT2D eigenvalue weighted by molar-refractivity contribution is 5.66. The van der Waals surface area contributed by atoms with Crippen LogP contribution in [0, 0.1) is 19.3 Å². The van der Waals surface area contributed by atoms with Crippen LogP contribution in [0.5, 0.6) is 0 Å². The van der Waals surface area contributed by atoms with Gasteiger partial charge in [0.25, 0.3) is 5.92 Å². The zero-order valence-electron chi connectivity index (χ0n) is 22.6. The largest absolute Gasteiger partial charge is 0.359 e. The lowest BCUT2D eigenvalue weighted by Gasteiger charge is -2.35. The van der Waals surface area contributed by atoms with Gasteiger partial charge in [0.1, 0.15) is 0 Å². The zero-order valence-corrected chi connectivity index (χ0v) is 22.6. The van der Waals surface area contributed by atoms with Crippen molar-refractivity contribution in [1.29, 1.82) is 0 Å². The highest BCUT2D eigenvalue weighted by atomic mass is 19.3. The highest BCUT2D eigenvalue weighted by Gasteiger charge is 2.31. The molecule has 3 heteroatoms. The van der Waals surface area contributed by atoms with Crippen molar-refractivity contribution in [3.8, 4) is 23.5 Å². The Hall–Kier alpha value is -3.38. The quantitative estimate of drug-likeness (QED) is 0.244. The summed E-state index contributed by atoms with van der Waals surface area (Å²) in [5.41, 5.74) is 6.64. The number of halogens is 2. The SMILES string of the molecule is C#Cc1cccc(-c2ccc(C(CCC)(CCC)CCC(=C)Nc3ccc(C)c(C(C)(F)F)c3)cc2)c1. The normalized spacial score (nSPS) is 11.7. The van der Waals surface area contributed by atoms with Crippen LogP contribution < -0.4 is 5.32 Å². The maximum atomic E-state index is 14.0. The van der Waals surface area contributed by atoms with Gasteiger partial charge in [-0.25, -0.2) is 8.78 Å². The fourth-order valence-electron chi connectivity index (χ4n) is 5.40. The van der Waals surface area contributed by atoms with Crippen LogP contribution in [0.2, 0.25) is 0 Å². The summed E-state index contributed by atoms with van der Waals surface area (Å²) >= 11 is 0. The van der Waals surface area contributed by atoms with Crippen LogP contribution in [0.15, 0.2) is 79.0 Å². The molecule has 0 atom stereocenters. The molecule has 0 amide bonds. The van der Waals surface area contributed by atoms with Gasteiger partial charge in [0.05, 0.1) is 0 Å². The molecule has 0 saturated heterocycles. The predicted octanol–water partition coefficient (Wildman–Crippen LogP) is 10.00. The van der Waals surface area contributed by atoms with Crippen LogP contribution in [-0.4, -0.2) is 0 Å². The third kappa shape index (κ3) is 7.10. The molecule has 0 aromatic heterocycles. The van der Waals surface area contributed by atoms with E-state index in [-0.39, 0.29) is 11.0 Å². The number of nitrogens with one attached hydrogen (secondary N) is 1. The number of terminal acetylenes is 1. The molecule has 0 unspecified atom stereocenters. The summed E-state index contributed by atoms with van der Waals surface area (Å²) in [5, 5.41) is 3.29. The molecule has 0 fully saturated rings. The Bertz CT molecular complexity index is 1240. The number of benzene rings is 3. The molecule has 0 aliphatic rings. The molecule has 194 valence electrons. The number of rotatable bonds is 12. The summed E-state index contributed by atoms with van der Waals surface area (Å²) in [7, 11) is 0. The first-order valence-electron chi connectivity index (χ1n) is 13.2. The van der Waals surface area contributed by atoms with Gasteiger partial charge in [0, 0.05) is 29.4 Å². The van der Waals surface area contributed by atoms with Crippen LogP contribution in [-0.2, 0) is 11.3 Å². The Kier molecular flexibility index (Phi) is 9.33. The molecule has 0 radical (unpaired) electrons. The highest BCUT2D eigenvalue weighted by Crippen LogP contribution is 2.41. The summed E-state index contributed by atoms with van der Waals surface area (Å²) in [6.07, 6.45) is 11.6. The van der Waals surface area contributed by atoms with Crippen molar-refractivity contribution in [1.82, 2.24) is 0 Å². The molecule has 37 heavy (non-hydrogen) atoms. The zero-order chi connectivity index (χ0) is 27.1. The Morgan fingerprint density at radius 2 is 1.59 bits per heavy atom. The second kappa shape index (κ2) is 12.2. The van der Waals surface area contributed by atoms with E-state index in [0.717, 1.165) is 67.8 Å². The Morgan fingerprint density at radius 3 is 2.19 bits per heavy atom. The third-order valence-electron chi connectivity index (χ3n) is 7.25. The summed E-state index contributed by atoms with van der Waals surface area (Å²) in [5.74, 6) is -0.168. The fraction of sp³-hybridized carbons (Fsp3) is 0.353. The smallest absolute Gasteiger partial charge is 0.270 e. The lowest BCUT2D eigenvalue weighted by Crippen LogP contribution is -2.26. The molecule has 3 aromatic carbocycles. The minimum atomic E-state index is -2.88. The minimum Gasteiger partial charge on any atom is -0.359 e. The van der Waals surface area contributed by atoms with E-state index in [9.17, 15) is 8.78 Å². The topological polar surface area (TPSA) is 12.0 Å². The molecular weight excluding hydrogens is 460 g/mol. The standard InChI is InChI=1S/C34H39F2N/c1-7-20-34(21-8-2,30-16-14-28(15-17-30)29-12-10-11-27(9-3)23-29)22-19-26(5)37-31-18-13-25(4)32(24-31)33(6,35)36/h3,10-18,23-24,37H,5,7-8,19-22H2,1-2,4,6H3. The lowest BCUT2D eigenvalue weighted by atomic mass is 9.70. The van der Waals surface area contributed by atoms with E-state index in [0.29, 0.717) is 11.3 Å². The minimum absolute atomic E-state index is 0.0300. The van der Waals surface area contributed by atoms with E-state index in [1.807, 2.05) is 24.3 Å². The van der Waals surface area contributed by atoms with Crippen molar-refractivity contribution >= 4 is 5.69 Å². The third-order valence-corrected chi connectivity index (χ3v) is 7.25. The summed E-state index contributed by atoms with van der Waals surface area (Å²) in [6, 6.07) is 22.1. The van der Waals surface area contributed by atoms with Crippen LogP contribution >= 0.6 is 0 Å². The van der Waals surface area contributed by atoms with Gasteiger partial charge in [0.15, 0.2) is 0 Å². The Balaban J connectivity index is 1.80. The van der Waals surface area contributed by atoms with Crippen molar-refractivity contribution in [3.63, 3.8) is 0 Å². The molecule has 0 aliphatic heterocycles. The molecule has 0 aliphatic carbocycles. The van der Waals surface area contributed by atoms with Crippen molar-refractivity contribution in [3.05, 3.63) is 101 Å². The molecule has 1 N–H and O–H groups in total. The Morgan fingerprint density at radius 1 is 0.919 bits per heavy atom. The molecule has 0 spiro atoms. The molecule has 0 saturated carbocycles. The predicted molar refractivity (Wildman–Crippen MR) is 154 cm³/mol. The van der Waals surface area contributed by atoms with E-state index < -0.39 is 5.92 Å².